The normalized spacial score (nSPS) is 10.3. The van der Waals surface area contributed by atoms with Gasteiger partial charge in [-0.05, 0) is 35.7 Å². The van der Waals surface area contributed by atoms with Crippen LogP contribution in [0.1, 0.15) is 21.5 Å². The minimum atomic E-state index is -0.249. The number of imidazole rings is 1. The Hall–Kier alpha value is -3.68. The zero-order chi connectivity index (χ0) is 19.8. The summed E-state index contributed by atoms with van der Waals surface area (Å²) >= 11 is 0. The molecular weight excluding hydrogens is 356 g/mol. The van der Waals surface area contributed by atoms with Gasteiger partial charge in [-0.15, -0.1) is 0 Å². The predicted octanol–water partition coefficient (Wildman–Crippen LogP) is 1.67. The number of hydrogen-bond donors (Lipinski definition) is 3. The van der Waals surface area contributed by atoms with E-state index in [4.69, 9.17) is 0 Å². The SMILES string of the molecule is CNC(=O)c1cccc(CCNC(=O)NCc2ccc(-n3ccnc3)nc2)c1. The van der Waals surface area contributed by atoms with Crippen molar-refractivity contribution < 1.29 is 9.59 Å². The van der Waals surface area contributed by atoms with Crippen molar-refractivity contribution in [3.05, 3.63) is 78.0 Å². The molecule has 8 nitrogen and oxygen atoms in total. The number of carbonyl (C=O) groups is 2. The molecule has 0 aliphatic rings. The fourth-order valence-electron chi connectivity index (χ4n) is 2.65. The first kappa shape index (κ1) is 19.1. The van der Waals surface area contributed by atoms with E-state index in [0.29, 0.717) is 25.1 Å². The Morgan fingerprint density at radius 1 is 1.11 bits per heavy atom. The zero-order valence-corrected chi connectivity index (χ0v) is 15.6. The van der Waals surface area contributed by atoms with Crippen molar-refractivity contribution in [2.45, 2.75) is 13.0 Å². The summed E-state index contributed by atoms with van der Waals surface area (Å²) in [6.45, 7) is 0.857. The summed E-state index contributed by atoms with van der Waals surface area (Å²) in [7, 11) is 1.60. The molecule has 3 aromatic rings. The Morgan fingerprint density at radius 2 is 2.00 bits per heavy atom. The van der Waals surface area contributed by atoms with E-state index < -0.39 is 0 Å². The van der Waals surface area contributed by atoms with Gasteiger partial charge in [0, 0.05) is 44.3 Å². The molecule has 0 aliphatic heterocycles. The first-order valence-electron chi connectivity index (χ1n) is 8.91. The molecule has 0 saturated carbocycles. The smallest absolute Gasteiger partial charge is 0.315 e. The van der Waals surface area contributed by atoms with Gasteiger partial charge >= 0.3 is 6.03 Å². The Bertz CT molecular complexity index is 922. The maximum atomic E-state index is 12.0. The summed E-state index contributed by atoms with van der Waals surface area (Å²) in [5, 5.41) is 8.22. The van der Waals surface area contributed by atoms with Crippen LogP contribution in [0, 0.1) is 0 Å². The first-order chi connectivity index (χ1) is 13.7. The van der Waals surface area contributed by atoms with Gasteiger partial charge in [0.05, 0.1) is 0 Å². The number of urea groups is 1. The summed E-state index contributed by atoms with van der Waals surface area (Å²) in [4.78, 5) is 32.0. The number of hydrogen-bond acceptors (Lipinski definition) is 4. The fraction of sp³-hybridized carbons (Fsp3) is 0.200. The molecule has 144 valence electrons. The van der Waals surface area contributed by atoms with Crippen molar-refractivity contribution in [1.29, 1.82) is 0 Å². The van der Waals surface area contributed by atoms with Crippen LogP contribution in [-0.4, -0.2) is 40.1 Å². The highest BCUT2D eigenvalue weighted by atomic mass is 16.2. The van der Waals surface area contributed by atoms with Gasteiger partial charge in [0.15, 0.2) is 0 Å². The van der Waals surface area contributed by atoms with Crippen LogP contribution in [-0.2, 0) is 13.0 Å². The first-order valence-corrected chi connectivity index (χ1v) is 8.91. The van der Waals surface area contributed by atoms with Gasteiger partial charge in [-0.3, -0.25) is 9.36 Å². The number of aromatic nitrogens is 3. The molecule has 1 aromatic carbocycles. The average Bonchev–Trinajstić information content (AvgIpc) is 3.27. The molecule has 0 atom stereocenters. The van der Waals surface area contributed by atoms with Crippen molar-refractivity contribution in [1.82, 2.24) is 30.5 Å². The minimum absolute atomic E-state index is 0.125. The third-order valence-electron chi connectivity index (χ3n) is 4.15. The monoisotopic (exact) mass is 378 g/mol. The highest BCUT2D eigenvalue weighted by Gasteiger charge is 2.05. The number of amides is 3. The molecule has 0 spiro atoms. The third kappa shape index (κ3) is 5.16. The number of rotatable bonds is 7. The van der Waals surface area contributed by atoms with Gasteiger partial charge in [-0.2, -0.15) is 0 Å². The van der Waals surface area contributed by atoms with Gasteiger partial charge < -0.3 is 16.0 Å². The quantitative estimate of drug-likeness (QED) is 0.582. The lowest BCUT2D eigenvalue weighted by Gasteiger charge is -2.09. The summed E-state index contributed by atoms with van der Waals surface area (Å²) in [5.74, 6) is 0.643. The van der Waals surface area contributed by atoms with Crippen molar-refractivity contribution in [2.75, 3.05) is 13.6 Å². The molecule has 0 fully saturated rings. The highest BCUT2D eigenvalue weighted by Crippen LogP contribution is 2.06. The number of pyridine rings is 1. The van der Waals surface area contributed by atoms with E-state index in [-0.39, 0.29) is 11.9 Å². The lowest BCUT2D eigenvalue weighted by atomic mass is 10.1. The maximum Gasteiger partial charge on any atom is 0.315 e. The Labute approximate surface area is 163 Å². The number of carbonyl (C=O) groups excluding carboxylic acids is 2. The molecule has 3 amide bonds. The molecular formula is C20H22N6O2. The topological polar surface area (TPSA) is 101 Å². The van der Waals surface area contributed by atoms with E-state index in [9.17, 15) is 9.59 Å². The summed E-state index contributed by atoms with van der Waals surface area (Å²) < 4.78 is 1.81. The predicted molar refractivity (Wildman–Crippen MR) is 105 cm³/mol. The standard InChI is InChI=1S/C20H22N6O2/c1-21-19(27)17-4-2-3-15(11-17)7-8-23-20(28)25-13-16-5-6-18(24-12-16)26-10-9-22-14-26/h2-6,9-12,14H,7-8,13H2,1H3,(H,21,27)(H2,23,25,28). The molecule has 28 heavy (non-hydrogen) atoms. The van der Waals surface area contributed by atoms with Crippen LogP contribution >= 0.6 is 0 Å². The third-order valence-corrected chi connectivity index (χ3v) is 4.15. The Morgan fingerprint density at radius 3 is 2.71 bits per heavy atom. The number of benzene rings is 1. The molecule has 0 unspecified atom stereocenters. The van der Waals surface area contributed by atoms with Crippen LogP contribution in [0.3, 0.4) is 0 Å². The van der Waals surface area contributed by atoms with Crippen LogP contribution in [0.25, 0.3) is 5.82 Å². The zero-order valence-electron chi connectivity index (χ0n) is 15.6. The summed E-state index contributed by atoms with van der Waals surface area (Å²) in [6.07, 6.45) is 7.55. The number of nitrogens with zero attached hydrogens (tertiary/aromatic N) is 3. The molecule has 3 rings (SSSR count). The van der Waals surface area contributed by atoms with Crippen LogP contribution < -0.4 is 16.0 Å². The molecule has 0 saturated heterocycles. The molecule has 8 heteroatoms. The molecule has 2 heterocycles. The van der Waals surface area contributed by atoms with E-state index in [1.165, 1.54) is 0 Å². The average molecular weight is 378 g/mol. The van der Waals surface area contributed by atoms with Gasteiger partial charge in [0.2, 0.25) is 0 Å². The second-order valence-electron chi connectivity index (χ2n) is 6.13. The summed E-state index contributed by atoms with van der Waals surface area (Å²) in [5.41, 5.74) is 2.49. The molecule has 0 aliphatic carbocycles. The van der Waals surface area contributed by atoms with E-state index in [1.807, 2.05) is 41.1 Å². The van der Waals surface area contributed by atoms with Gasteiger partial charge in [-0.1, -0.05) is 18.2 Å². The fourth-order valence-corrected chi connectivity index (χ4v) is 2.65. The Balaban J connectivity index is 1.42. The van der Waals surface area contributed by atoms with E-state index in [1.54, 1.807) is 31.8 Å². The van der Waals surface area contributed by atoms with Crippen molar-refractivity contribution in [3.8, 4) is 5.82 Å². The van der Waals surface area contributed by atoms with Crippen LogP contribution in [0.5, 0.6) is 0 Å². The molecule has 0 radical (unpaired) electrons. The molecule has 2 aromatic heterocycles. The van der Waals surface area contributed by atoms with E-state index >= 15 is 0 Å². The van der Waals surface area contributed by atoms with Crippen molar-refractivity contribution in [3.63, 3.8) is 0 Å². The highest BCUT2D eigenvalue weighted by molar-refractivity contribution is 5.94. The largest absolute Gasteiger partial charge is 0.355 e. The van der Waals surface area contributed by atoms with Gasteiger partial charge in [0.25, 0.3) is 5.91 Å². The Kier molecular flexibility index (Phi) is 6.35. The van der Waals surface area contributed by atoms with Crippen LogP contribution in [0.15, 0.2) is 61.3 Å². The van der Waals surface area contributed by atoms with Gasteiger partial charge in [0.1, 0.15) is 12.1 Å². The van der Waals surface area contributed by atoms with Crippen molar-refractivity contribution in [2.24, 2.45) is 0 Å². The second-order valence-corrected chi connectivity index (χ2v) is 6.13. The summed E-state index contributed by atoms with van der Waals surface area (Å²) in [6, 6.07) is 10.9. The van der Waals surface area contributed by atoms with Gasteiger partial charge in [-0.25, -0.2) is 14.8 Å². The maximum absolute atomic E-state index is 12.0. The van der Waals surface area contributed by atoms with E-state index in [0.717, 1.165) is 16.9 Å². The van der Waals surface area contributed by atoms with Crippen molar-refractivity contribution >= 4 is 11.9 Å². The van der Waals surface area contributed by atoms with E-state index in [2.05, 4.69) is 25.9 Å². The lowest BCUT2D eigenvalue weighted by molar-refractivity contribution is 0.0963. The second kappa shape index (κ2) is 9.31. The molecule has 0 bridgehead atoms. The minimum Gasteiger partial charge on any atom is -0.355 e. The lowest BCUT2D eigenvalue weighted by Crippen LogP contribution is -2.36. The molecule has 3 N–H and O–H groups in total. The van der Waals surface area contributed by atoms with Crippen LogP contribution in [0.2, 0.25) is 0 Å². The number of nitrogens with one attached hydrogen (secondary N) is 3. The van der Waals surface area contributed by atoms with Crippen LogP contribution in [0.4, 0.5) is 4.79 Å².